The summed E-state index contributed by atoms with van der Waals surface area (Å²) >= 11 is 0.991. The van der Waals surface area contributed by atoms with Crippen LogP contribution in [0.25, 0.3) is 0 Å². The molecule has 45 valence electrons. The van der Waals surface area contributed by atoms with Crippen molar-refractivity contribution < 1.29 is 24.6 Å². The summed E-state index contributed by atoms with van der Waals surface area (Å²) in [5, 5.41) is 7.89. The average Bonchev–Trinajstić information content (AvgIpc) is 1.69. The number of carbonyl (C=O) groups is 1. The molecule has 0 aromatic rings. The summed E-state index contributed by atoms with van der Waals surface area (Å²) in [6.45, 7) is 3.72. The van der Waals surface area contributed by atoms with Crippen molar-refractivity contribution in [2.45, 2.75) is 13.8 Å². The van der Waals surface area contributed by atoms with E-state index in [0.717, 1.165) is 24.5 Å². The van der Waals surface area contributed by atoms with E-state index in [0.29, 0.717) is 0 Å². The van der Waals surface area contributed by atoms with Crippen molar-refractivity contribution in [3.05, 3.63) is 0 Å². The standard InChI is InChI=1S/C4H7N.CHO.W/c1-4(2)3-5;1-2;/h4H,1-2H3;1H;. The van der Waals surface area contributed by atoms with Gasteiger partial charge in [-0.15, -0.1) is 0 Å². The third-order valence-electron chi connectivity index (χ3n) is 0.258. The van der Waals surface area contributed by atoms with Gasteiger partial charge in [-0.1, -0.05) is 0 Å². The average molecular weight is 282 g/mol. The van der Waals surface area contributed by atoms with E-state index in [1.165, 1.54) is 0 Å². The van der Waals surface area contributed by atoms with Gasteiger partial charge in [0.15, 0.2) is 0 Å². The second-order valence-electron chi connectivity index (χ2n) is 1.38. The van der Waals surface area contributed by atoms with E-state index in [1.54, 1.807) is 0 Å². The molecule has 0 rings (SSSR count). The van der Waals surface area contributed by atoms with Crippen LogP contribution in [0.15, 0.2) is 0 Å². The molecule has 0 aliphatic carbocycles. The Kier molecular flexibility index (Phi) is 13.4. The maximum absolute atomic E-state index is 8.84. The first-order chi connectivity index (χ1) is 3.68. The number of nitrogens with zero attached hydrogens (tertiary/aromatic N) is 1. The number of rotatable bonds is 0. The minimum atomic E-state index is 0.190. The summed E-state index contributed by atoms with van der Waals surface area (Å²) in [5.74, 6) is 0.190. The maximum atomic E-state index is 8.84. The molecule has 0 N–H and O–H groups in total. The van der Waals surface area contributed by atoms with Gasteiger partial charge in [-0.05, 0) is 13.8 Å². The van der Waals surface area contributed by atoms with Crippen LogP contribution in [0.2, 0.25) is 0 Å². The molecule has 0 aliphatic heterocycles. The van der Waals surface area contributed by atoms with Crippen LogP contribution in [0.4, 0.5) is 0 Å². The third-order valence-corrected chi connectivity index (χ3v) is 0.258. The fourth-order valence-electron chi connectivity index (χ4n) is 0. The summed E-state index contributed by atoms with van der Waals surface area (Å²) in [7, 11) is 0. The van der Waals surface area contributed by atoms with Crippen LogP contribution in [-0.4, -0.2) is 4.68 Å². The Labute approximate surface area is 60.8 Å². The molecule has 2 nitrogen and oxygen atoms in total. The summed E-state index contributed by atoms with van der Waals surface area (Å²) in [4.78, 5) is 8.84. The van der Waals surface area contributed by atoms with E-state index < -0.39 is 0 Å². The summed E-state index contributed by atoms with van der Waals surface area (Å²) in [5.41, 5.74) is 0. The zero-order chi connectivity index (χ0) is 6.99. The van der Waals surface area contributed by atoms with Crippen molar-refractivity contribution in [2.24, 2.45) is 5.92 Å². The normalized spacial score (nSPS) is 6.25. The molecular formula is C5H8NOW. The Morgan fingerprint density at radius 2 is 1.88 bits per heavy atom. The molecule has 0 saturated carbocycles. The van der Waals surface area contributed by atoms with Gasteiger partial charge in [0.1, 0.15) is 0 Å². The van der Waals surface area contributed by atoms with E-state index in [4.69, 9.17) is 10.1 Å². The molecule has 0 spiro atoms. The fourth-order valence-corrected chi connectivity index (χ4v) is 0. The van der Waals surface area contributed by atoms with Crippen molar-refractivity contribution >= 4 is 4.68 Å². The number of hydrogen-bond acceptors (Lipinski definition) is 2. The zero-order valence-electron chi connectivity index (χ0n) is 4.92. The number of nitriles is 1. The Hall–Kier alpha value is -0.152. The first-order valence-corrected chi connectivity index (χ1v) is 3.83. The quantitative estimate of drug-likeness (QED) is 0.619. The summed E-state index contributed by atoms with van der Waals surface area (Å²) in [6.07, 6.45) is 0. The predicted octanol–water partition coefficient (Wildman–Crippen LogP) is 0.889. The van der Waals surface area contributed by atoms with Gasteiger partial charge in [0.05, 0.1) is 6.07 Å². The Balaban J connectivity index is 0. The Morgan fingerprint density at radius 1 is 1.75 bits per heavy atom. The Bertz CT molecular complexity index is 84.9. The zero-order valence-corrected chi connectivity index (χ0v) is 7.85. The monoisotopic (exact) mass is 282 g/mol. The second-order valence-corrected chi connectivity index (χ2v) is 2.07. The van der Waals surface area contributed by atoms with Gasteiger partial charge in [0.2, 0.25) is 0 Å². The first kappa shape index (κ1) is 10.8. The predicted molar refractivity (Wildman–Crippen MR) is 27.2 cm³/mol. The van der Waals surface area contributed by atoms with Gasteiger partial charge in [0.25, 0.3) is 0 Å². The summed E-state index contributed by atoms with van der Waals surface area (Å²) < 4.78 is 0.833. The molecule has 0 bridgehead atoms. The van der Waals surface area contributed by atoms with Crippen LogP contribution >= 0.6 is 0 Å². The molecule has 0 fully saturated rings. The first-order valence-electron chi connectivity index (χ1n) is 2.14. The number of carbonyl (C=O) groups excluding carboxylic acids is 1. The molecule has 0 unspecified atom stereocenters. The van der Waals surface area contributed by atoms with Crippen LogP contribution in [0, 0.1) is 17.2 Å². The van der Waals surface area contributed by atoms with Crippen LogP contribution in [0.5, 0.6) is 0 Å². The molecule has 0 radical (unpaired) electrons. The molecule has 8 heavy (non-hydrogen) atoms. The minimum absolute atomic E-state index is 0.190. The number of hydrogen-bond donors (Lipinski definition) is 0. The fraction of sp³-hybridized carbons (Fsp3) is 0.600. The molecule has 0 aromatic heterocycles. The van der Waals surface area contributed by atoms with Gasteiger partial charge in [-0.2, -0.15) is 5.26 Å². The van der Waals surface area contributed by atoms with Gasteiger partial charge in [0, 0.05) is 5.92 Å². The van der Waals surface area contributed by atoms with E-state index in [9.17, 15) is 0 Å². The molecule has 0 saturated heterocycles. The van der Waals surface area contributed by atoms with Crippen molar-refractivity contribution in [3.8, 4) is 6.07 Å². The van der Waals surface area contributed by atoms with E-state index in [-0.39, 0.29) is 5.92 Å². The SMILES string of the molecule is CC(C)C#N.O=[CH][W]. The van der Waals surface area contributed by atoms with E-state index in [1.807, 2.05) is 19.9 Å². The van der Waals surface area contributed by atoms with Crippen LogP contribution < -0.4 is 0 Å². The van der Waals surface area contributed by atoms with Crippen LogP contribution in [0.1, 0.15) is 13.8 Å². The van der Waals surface area contributed by atoms with Crippen LogP contribution in [0.3, 0.4) is 0 Å². The Morgan fingerprint density at radius 3 is 1.88 bits per heavy atom. The molecule has 0 aromatic carbocycles. The molecular weight excluding hydrogens is 274 g/mol. The summed E-state index contributed by atoms with van der Waals surface area (Å²) in [6, 6.07) is 2.03. The van der Waals surface area contributed by atoms with Gasteiger partial charge < -0.3 is 0 Å². The molecule has 0 heterocycles. The third kappa shape index (κ3) is 40.2. The topological polar surface area (TPSA) is 40.9 Å². The molecule has 0 atom stereocenters. The van der Waals surface area contributed by atoms with Gasteiger partial charge in [-0.25, -0.2) is 0 Å². The second kappa shape index (κ2) is 9.96. The van der Waals surface area contributed by atoms with Gasteiger partial charge >= 0.3 is 29.3 Å². The van der Waals surface area contributed by atoms with Crippen molar-refractivity contribution in [1.29, 1.82) is 5.26 Å². The van der Waals surface area contributed by atoms with Crippen molar-refractivity contribution in [1.82, 2.24) is 0 Å². The van der Waals surface area contributed by atoms with E-state index in [2.05, 4.69) is 0 Å². The van der Waals surface area contributed by atoms with Crippen molar-refractivity contribution in [3.63, 3.8) is 0 Å². The van der Waals surface area contributed by atoms with E-state index >= 15 is 0 Å². The molecule has 0 aliphatic rings. The van der Waals surface area contributed by atoms with Crippen LogP contribution in [-0.2, 0) is 24.6 Å². The van der Waals surface area contributed by atoms with Gasteiger partial charge in [-0.3, -0.25) is 0 Å². The van der Waals surface area contributed by atoms with Crippen molar-refractivity contribution in [2.75, 3.05) is 0 Å². The molecule has 3 heteroatoms. The molecule has 0 amide bonds.